The summed E-state index contributed by atoms with van der Waals surface area (Å²) in [7, 11) is 0. The molecule has 2 aromatic rings. The van der Waals surface area contributed by atoms with Gasteiger partial charge in [-0.25, -0.2) is 0 Å². The summed E-state index contributed by atoms with van der Waals surface area (Å²) in [5, 5.41) is 14.0. The molecule has 0 aliphatic heterocycles. The molecule has 0 radical (unpaired) electrons. The molecule has 0 amide bonds. The molecular formula is C16H22N2O. The second kappa shape index (κ2) is 6.02. The molecule has 2 N–H and O–H groups in total. The zero-order valence-corrected chi connectivity index (χ0v) is 11.9. The number of fused-ring (bicyclic) bond motifs is 1. The first-order chi connectivity index (χ1) is 9.13. The van der Waals surface area contributed by atoms with E-state index >= 15 is 0 Å². The van der Waals surface area contributed by atoms with Gasteiger partial charge in [0.15, 0.2) is 0 Å². The van der Waals surface area contributed by atoms with Gasteiger partial charge in [0.1, 0.15) is 0 Å². The van der Waals surface area contributed by atoms with E-state index in [-0.39, 0.29) is 6.10 Å². The molecule has 2 rings (SSSR count). The first-order valence-electron chi connectivity index (χ1n) is 6.93. The number of rotatable bonds is 5. The summed E-state index contributed by atoms with van der Waals surface area (Å²) in [6, 6.07) is 8.20. The van der Waals surface area contributed by atoms with Gasteiger partial charge in [-0.15, -0.1) is 0 Å². The zero-order valence-electron chi connectivity index (χ0n) is 11.9. The summed E-state index contributed by atoms with van der Waals surface area (Å²) in [6.07, 6.45) is 1.44. The van der Waals surface area contributed by atoms with Crippen molar-refractivity contribution in [2.75, 3.05) is 11.9 Å². The normalized spacial score (nSPS) is 12.6. The minimum Gasteiger partial charge on any atom is -0.393 e. The highest BCUT2D eigenvalue weighted by Crippen LogP contribution is 2.28. The van der Waals surface area contributed by atoms with Gasteiger partial charge in [0.25, 0.3) is 0 Å². The number of benzene rings is 1. The van der Waals surface area contributed by atoms with Crippen molar-refractivity contribution in [3.8, 4) is 0 Å². The van der Waals surface area contributed by atoms with Crippen LogP contribution in [0.3, 0.4) is 0 Å². The number of aryl methyl sites for hydroxylation is 1. The van der Waals surface area contributed by atoms with Crippen molar-refractivity contribution in [3.63, 3.8) is 0 Å². The maximum absolute atomic E-state index is 9.37. The van der Waals surface area contributed by atoms with Crippen LogP contribution in [0.15, 0.2) is 24.3 Å². The summed E-state index contributed by atoms with van der Waals surface area (Å²) in [5.41, 5.74) is 4.55. The Balaban J connectivity index is 2.42. The van der Waals surface area contributed by atoms with Crippen LogP contribution in [0.25, 0.3) is 10.9 Å². The molecule has 0 aliphatic rings. The van der Waals surface area contributed by atoms with Crippen LogP contribution in [0.2, 0.25) is 0 Å². The average Bonchev–Trinajstić information content (AvgIpc) is 2.38. The molecule has 19 heavy (non-hydrogen) atoms. The minimum absolute atomic E-state index is 0.272. The van der Waals surface area contributed by atoms with Crippen molar-refractivity contribution in [3.05, 3.63) is 35.5 Å². The van der Waals surface area contributed by atoms with Crippen LogP contribution in [0.4, 0.5) is 5.69 Å². The third kappa shape index (κ3) is 3.04. The Kier molecular flexibility index (Phi) is 4.38. The van der Waals surface area contributed by atoms with Gasteiger partial charge in [0.05, 0.1) is 11.6 Å². The van der Waals surface area contributed by atoms with Crippen molar-refractivity contribution in [2.24, 2.45) is 0 Å². The van der Waals surface area contributed by atoms with Crippen molar-refractivity contribution in [1.29, 1.82) is 0 Å². The highest BCUT2D eigenvalue weighted by atomic mass is 16.3. The Morgan fingerprint density at radius 3 is 2.74 bits per heavy atom. The third-order valence-corrected chi connectivity index (χ3v) is 3.42. The summed E-state index contributed by atoms with van der Waals surface area (Å²) >= 11 is 0. The van der Waals surface area contributed by atoms with E-state index in [0.29, 0.717) is 0 Å². The number of aromatic nitrogens is 1. The second-order valence-electron chi connectivity index (χ2n) is 4.99. The molecule has 1 unspecified atom stereocenters. The number of para-hydroxylation sites is 1. The highest BCUT2D eigenvalue weighted by molar-refractivity contribution is 5.93. The van der Waals surface area contributed by atoms with Gasteiger partial charge in [0.2, 0.25) is 0 Å². The molecule has 1 aromatic carbocycles. The molecule has 1 aromatic heterocycles. The number of hydrogen-bond donors (Lipinski definition) is 2. The smallest absolute Gasteiger partial charge is 0.0726 e. The Morgan fingerprint density at radius 1 is 1.32 bits per heavy atom. The first kappa shape index (κ1) is 13.8. The van der Waals surface area contributed by atoms with E-state index in [2.05, 4.69) is 30.2 Å². The van der Waals surface area contributed by atoms with Crippen LogP contribution in [-0.2, 0) is 6.42 Å². The lowest BCUT2D eigenvalue weighted by atomic mass is 10.0. The van der Waals surface area contributed by atoms with Gasteiger partial charge in [-0.05, 0) is 38.3 Å². The van der Waals surface area contributed by atoms with Crippen LogP contribution >= 0.6 is 0 Å². The Hall–Kier alpha value is -1.61. The lowest BCUT2D eigenvalue weighted by Crippen LogP contribution is -2.12. The topological polar surface area (TPSA) is 45.2 Å². The van der Waals surface area contributed by atoms with Gasteiger partial charge >= 0.3 is 0 Å². The highest BCUT2D eigenvalue weighted by Gasteiger charge is 2.10. The molecule has 0 saturated heterocycles. The number of aliphatic hydroxyl groups is 1. The van der Waals surface area contributed by atoms with Crippen LogP contribution in [0.1, 0.15) is 31.5 Å². The molecule has 0 spiro atoms. The number of pyridine rings is 1. The summed E-state index contributed by atoms with van der Waals surface area (Å²) < 4.78 is 0. The second-order valence-corrected chi connectivity index (χ2v) is 4.99. The number of hydrogen-bond acceptors (Lipinski definition) is 3. The Morgan fingerprint density at radius 2 is 2.05 bits per heavy atom. The van der Waals surface area contributed by atoms with Gasteiger partial charge in [-0.2, -0.15) is 0 Å². The van der Waals surface area contributed by atoms with E-state index in [4.69, 9.17) is 0 Å². The minimum atomic E-state index is -0.272. The summed E-state index contributed by atoms with van der Waals surface area (Å²) in [5.74, 6) is 0. The Bertz CT molecular complexity index is 564. The number of aliphatic hydroxyl groups excluding tert-OH is 1. The van der Waals surface area contributed by atoms with Crippen LogP contribution < -0.4 is 5.32 Å². The fraction of sp³-hybridized carbons (Fsp3) is 0.438. The van der Waals surface area contributed by atoms with Gasteiger partial charge in [0, 0.05) is 23.3 Å². The average molecular weight is 258 g/mol. The van der Waals surface area contributed by atoms with E-state index in [0.717, 1.165) is 36.0 Å². The molecule has 0 bridgehead atoms. The van der Waals surface area contributed by atoms with E-state index < -0.39 is 0 Å². The zero-order chi connectivity index (χ0) is 13.8. The molecule has 0 aliphatic carbocycles. The molecule has 1 heterocycles. The predicted molar refractivity (Wildman–Crippen MR) is 80.6 cm³/mol. The fourth-order valence-electron chi connectivity index (χ4n) is 2.41. The Labute approximate surface area is 114 Å². The lowest BCUT2D eigenvalue weighted by molar-refractivity contribution is 0.189. The lowest BCUT2D eigenvalue weighted by Gasteiger charge is -2.16. The monoisotopic (exact) mass is 258 g/mol. The summed E-state index contributed by atoms with van der Waals surface area (Å²) in [4.78, 5) is 4.66. The maximum atomic E-state index is 9.37. The molecule has 1 atom stereocenters. The number of nitrogens with one attached hydrogen (secondary N) is 1. The van der Waals surface area contributed by atoms with Crippen molar-refractivity contribution in [2.45, 2.75) is 39.7 Å². The van der Waals surface area contributed by atoms with E-state index in [9.17, 15) is 5.11 Å². The van der Waals surface area contributed by atoms with Crippen molar-refractivity contribution >= 4 is 16.6 Å². The number of nitrogens with zero attached hydrogens (tertiary/aromatic N) is 1. The SMILES string of the molecule is CCc1c(C)nc2ccccc2c1NCCC(C)O. The molecule has 3 heteroatoms. The molecular weight excluding hydrogens is 236 g/mol. The predicted octanol–water partition coefficient (Wildman–Crippen LogP) is 3.29. The first-order valence-corrected chi connectivity index (χ1v) is 6.93. The van der Waals surface area contributed by atoms with Gasteiger partial charge < -0.3 is 10.4 Å². The van der Waals surface area contributed by atoms with Crippen LogP contribution in [0.5, 0.6) is 0 Å². The molecule has 0 saturated carbocycles. The molecule has 3 nitrogen and oxygen atoms in total. The molecule has 0 fully saturated rings. The number of anilines is 1. The quantitative estimate of drug-likeness (QED) is 0.865. The van der Waals surface area contributed by atoms with Crippen molar-refractivity contribution in [1.82, 2.24) is 4.98 Å². The van der Waals surface area contributed by atoms with Crippen LogP contribution in [-0.4, -0.2) is 22.7 Å². The molecule has 102 valence electrons. The van der Waals surface area contributed by atoms with E-state index in [1.54, 1.807) is 0 Å². The standard InChI is InChI=1S/C16H22N2O/c1-4-13-12(3)18-15-8-6-5-7-14(15)16(13)17-10-9-11(2)19/h5-8,11,19H,4,9-10H2,1-3H3,(H,17,18). The van der Waals surface area contributed by atoms with E-state index in [1.807, 2.05) is 25.1 Å². The van der Waals surface area contributed by atoms with Crippen LogP contribution in [0, 0.1) is 6.92 Å². The third-order valence-electron chi connectivity index (χ3n) is 3.42. The van der Waals surface area contributed by atoms with Crippen molar-refractivity contribution < 1.29 is 5.11 Å². The summed E-state index contributed by atoms with van der Waals surface area (Å²) in [6.45, 7) is 6.81. The van der Waals surface area contributed by atoms with Gasteiger partial charge in [-0.3, -0.25) is 4.98 Å². The van der Waals surface area contributed by atoms with Gasteiger partial charge in [-0.1, -0.05) is 25.1 Å². The largest absolute Gasteiger partial charge is 0.393 e. The fourth-order valence-corrected chi connectivity index (χ4v) is 2.41. The van der Waals surface area contributed by atoms with E-state index in [1.165, 1.54) is 11.3 Å². The maximum Gasteiger partial charge on any atom is 0.0726 e.